The summed E-state index contributed by atoms with van der Waals surface area (Å²) < 4.78 is 18.0. The highest BCUT2D eigenvalue weighted by atomic mass is 35.5. The van der Waals surface area contributed by atoms with Gasteiger partial charge in [-0.25, -0.2) is 9.18 Å². The van der Waals surface area contributed by atoms with Crippen LogP contribution in [0.15, 0.2) is 18.2 Å². The first-order valence-corrected chi connectivity index (χ1v) is 9.96. The van der Waals surface area contributed by atoms with Gasteiger partial charge in [-0.2, -0.15) is 0 Å². The van der Waals surface area contributed by atoms with Gasteiger partial charge in [-0.15, -0.1) is 0 Å². The Labute approximate surface area is 182 Å². The molecule has 30 heavy (non-hydrogen) atoms. The largest absolute Gasteiger partial charge is 0.481 e. The van der Waals surface area contributed by atoms with E-state index in [1.807, 2.05) is 0 Å². The molecular weight excluding hydrogens is 442 g/mol. The highest BCUT2D eigenvalue weighted by Gasteiger charge is 2.35. The number of amides is 2. The molecule has 1 fully saturated rings. The fourth-order valence-electron chi connectivity index (χ4n) is 3.06. The zero-order chi connectivity index (χ0) is 22.3. The number of ketones is 1. The van der Waals surface area contributed by atoms with E-state index >= 15 is 0 Å². The summed E-state index contributed by atoms with van der Waals surface area (Å²) in [6.07, 6.45) is 0.0774. The molecule has 1 aliphatic rings. The van der Waals surface area contributed by atoms with Crippen molar-refractivity contribution < 1.29 is 33.4 Å². The molecular formula is C19H21Cl2FN2O6. The summed E-state index contributed by atoms with van der Waals surface area (Å²) in [4.78, 5) is 48.9. The summed E-state index contributed by atoms with van der Waals surface area (Å²) in [6.45, 7) is -1.30. The maximum absolute atomic E-state index is 12.7. The van der Waals surface area contributed by atoms with Gasteiger partial charge in [0.15, 0.2) is 5.78 Å². The van der Waals surface area contributed by atoms with Crippen LogP contribution in [0.3, 0.4) is 0 Å². The van der Waals surface area contributed by atoms with Gasteiger partial charge in [0.25, 0.3) is 0 Å². The zero-order valence-corrected chi connectivity index (χ0v) is 17.4. The Morgan fingerprint density at radius 1 is 1.27 bits per heavy atom. The normalized spacial score (nSPS) is 17.2. The van der Waals surface area contributed by atoms with E-state index in [-0.39, 0.29) is 13.2 Å². The lowest BCUT2D eigenvalue weighted by molar-refractivity contribution is -0.140. The van der Waals surface area contributed by atoms with Crippen LogP contribution in [0.1, 0.15) is 31.2 Å². The lowest BCUT2D eigenvalue weighted by Gasteiger charge is -2.34. The van der Waals surface area contributed by atoms with Crippen LogP contribution in [0.2, 0.25) is 10.0 Å². The number of ether oxygens (including phenoxy) is 1. The molecule has 1 heterocycles. The molecule has 1 aliphatic heterocycles. The maximum Gasteiger partial charge on any atom is 0.410 e. The summed E-state index contributed by atoms with van der Waals surface area (Å²) in [5.74, 6) is -3.14. The van der Waals surface area contributed by atoms with Crippen LogP contribution in [0, 0.1) is 0 Å². The minimum absolute atomic E-state index is 0.137. The quantitative estimate of drug-likeness (QED) is 0.613. The SMILES string of the molecule is O=C(O)C[C@H](NC(=O)[C@@H]1CCCCN1C(=O)OCc1ccc(Cl)cc1Cl)C(=O)CF. The molecule has 0 bridgehead atoms. The third-order valence-electron chi connectivity index (χ3n) is 4.62. The van der Waals surface area contributed by atoms with Gasteiger partial charge in [0.05, 0.1) is 6.42 Å². The molecule has 2 atom stereocenters. The lowest BCUT2D eigenvalue weighted by atomic mass is 10.0. The summed E-state index contributed by atoms with van der Waals surface area (Å²) >= 11 is 11.9. The van der Waals surface area contributed by atoms with Gasteiger partial charge in [0.2, 0.25) is 5.91 Å². The van der Waals surface area contributed by atoms with Crippen molar-refractivity contribution in [3.05, 3.63) is 33.8 Å². The number of hydrogen-bond acceptors (Lipinski definition) is 5. The number of benzene rings is 1. The topological polar surface area (TPSA) is 113 Å². The molecule has 0 spiro atoms. The molecule has 2 amide bonds. The number of nitrogens with zero attached hydrogens (tertiary/aromatic N) is 1. The number of Topliss-reactive ketones (excluding diaryl/α,β-unsaturated/α-hetero) is 1. The van der Waals surface area contributed by atoms with Crippen molar-refractivity contribution in [3.8, 4) is 0 Å². The van der Waals surface area contributed by atoms with Crippen LogP contribution in [0.4, 0.5) is 9.18 Å². The number of carboxylic acid groups (broad SMARTS) is 1. The van der Waals surface area contributed by atoms with E-state index in [0.29, 0.717) is 34.9 Å². The summed E-state index contributed by atoms with van der Waals surface area (Å²) in [5, 5.41) is 11.9. The number of aliphatic carboxylic acids is 1. The number of carbonyl (C=O) groups excluding carboxylic acids is 3. The van der Waals surface area contributed by atoms with Crippen molar-refractivity contribution in [3.63, 3.8) is 0 Å². The third kappa shape index (κ3) is 6.56. The van der Waals surface area contributed by atoms with E-state index in [1.165, 1.54) is 11.0 Å². The van der Waals surface area contributed by atoms with Crippen LogP contribution < -0.4 is 5.32 Å². The van der Waals surface area contributed by atoms with Crippen LogP contribution in [-0.4, -0.2) is 59.1 Å². The maximum atomic E-state index is 12.7. The number of carboxylic acids is 1. The predicted octanol–water partition coefficient (Wildman–Crippen LogP) is 2.98. The Bertz CT molecular complexity index is 822. The van der Waals surface area contributed by atoms with Crippen LogP contribution in [0.5, 0.6) is 0 Å². The van der Waals surface area contributed by atoms with Crippen LogP contribution >= 0.6 is 23.2 Å². The molecule has 164 valence electrons. The Kier molecular flexibility index (Phi) is 8.86. The summed E-state index contributed by atoms with van der Waals surface area (Å²) in [5.41, 5.74) is 0.530. The first-order valence-electron chi connectivity index (χ1n) is 9.21. The van der Waals surface area contributed by atoms with Gasteiger partial charge < -0.3 is 15.2 Å². The molecule has 2 rings (SSSR count). The molecule has 0 aliphatic carbocycles. The number of halogens is 3. The zero-order valence-electron chi connectivity index (χ0n) is 15.9. The average molecular weight is 463 g/mol. The molecule has 1 saturated heterocycles. The number of carbonyl (C=O) groups is 4. The summed E-state index contributed by atoms with van der Waals surface area (Å²) in [7, 11) is 0. The molecule has 11 heteroatoms. The van der Waals surface area contributed by atoms with Crippen molar-refractivity contribution in [1.82, 2.24) is 10.2 Å². The van der Waals surface area contributed by atoms with E-state index in [2.05, 4.69) is 5.32 Å². The number of likely N-dealkylation sites (tertiary alicyclic amines) is 1. The molecule has 0 unspecified atom stereocenters. The molecule has 1 aromatic carbocycles. The first-order chi connectivity index (χ1) is 14.2. The molecule has 0 aromatic heterocycles. The van der Waals surface area contributed by atoms with E-state index in [9.17, 15) is 23.6 Å². The highest BCUT2D eigenvalue weighted by Crippen LogP contribution is 2.23. The fourth-order valence-corrected chi connectivity index (χ4v) is 3.53. The smallest absolute Gasteiger partial charge is 0.410 e. The number of rotatable bonds is 8. The Hall–Kier alpha value is -2.39. The van der Waals surface area contributed by atoms with Crippen molar-refractivity contribution >= 4 is 47.0 Å². The number of alkyl halides is 1. The first kappa shape index (κ1) is 23.9. The molecule has 1 aromatic rings. The standard InChI is InChI=1S/C19H21Cl2FN2O6/c20-12-5-4-11(13(21)7-12)10-30-19(29)24-6-2-1-3-15(24)18(28)23-14(8-17(26)27)16(25)9-22/h4-5,7,14-15H,1-3,6,8-10H2,(H,23,28)(H,26,27)/t14-,15-/m0/s1. The van der Waals surface area contributed by atoms with Crippen molar-refractivity contribution in [2.75, 3.05) is 13.2 Å². The van der Waals surface area contributed by atoms with Gasteiger partial charge in [0, 0.05) is 22.2 Å². The Balaban J connectivity index is 2.04. The summed E-state index contributed by atoms with van der Waals surface area (Å²) in [6, 6.07) is 2.24. The van der Waals surface area contributed by atoms with Gasteiger partial charge >= 0.3 is 12.1 Å². The fraction of sp³-hybridized carbons (Fsp3) is 0.474. The molecule has 0 saturated carbocycles. The van der Waals surface area contributed by atoms with E-state index in [4.69, 9.17) is 33.0 Å². The monoisotopic (exact) mass is 462 g/mol. The number of hydrogen-bond donors (Lipinski definition) is 2. The van der Waals surface area contributed by atoms with Crippen molar-refractivity contribution in [2.45, 2.75) is 44.4 Å². The number of nitrogens with one attached hydrogen (secondary N) is 1. The van der Waals surface area contributed by atoms with Gasteiger partial charge in [-0.1, -0.05) is 29.3 Å². The second-order valence-electron chi connectivity index (χ2n) is 6.75. The van der Waals surface area contributed by atoms with Crippen LogP contribution in [-0.2, 0) is 25.7 Å². The average Bonchev–Trinajstić information content (AvgIpc) is 2.71. The Morgan fingerprint density at radius 2 is 2.00 bits per heavy atom. The van der Waals surface area contributed by atoms with Crippen LogP contribution in [0.25, 0.3) is 0 Å². The van der Waals surface area contributed by atoms with Gasteiger partial charge in [-0.05, 0) is 31.4 Å². The third-order valence-corrected chi connectivity index (χ3v) is 5.21. The van der Waals surface area contributed by atoms with E-state index in [1.54, 1.807) is 12.1 Å². The molecule has 8 nitrogen and oxygen atoms in total. The molecule has 0 radical (unpaired) electrons. The van der Waals surface area contributed by atoms with E-state index < -0.39 is 48.9 Å². The highest BCUT2D eigenvalue weighted by molar-refractivity contribution is 6.35. The lowest BCUT2D eigenvalue weighted by Crippen LogP contribution is -2.55. The van der Waals surface area contributed by atoms with Gasteiger partial charge in [-0.3, -0.25) is 19.3 Å². The second-order valence-corrected chi connectivity index (χ2v) is 7.60. The Morgan fingerprint density at radius 3 is 2.63 bits per heavy atom. The predicted molar refractivity (Wildman–Crippen MR) is 106 cm³/mol. The second kappa shape index (κ2) is 11.1. The minimum Gasteiger partial charge on any atom is -0.481 e. The van der Waals surface area contributed by atoms with Crippen molar-refractivity contribution in [1.29, 1.82) is 0 Å². The number of piperidine rings is 1. The minimum atomic E-state index is -1.51. The molecule has 2 N–H and O–H groups in total. The van der Waals surface area contributed by atoms with Gasteiger partial charge in [0.1, 0.15) is 25.4 Å². The van der Waals surface area contributed by atoms with Crippen molar-refractivity contribution in [2.24, 2.45) is 0 Å². The van der Waals surface area contributed by atoms with E-state index in [0.717, 1.165) is 0 Å².